The molecule has 1 rings (SSSR count). The number of amides is 1. The van der Waals surface area contributed by atoms with Crippen LogP contribution in [0.5, 0.6) is 0 Å². The van der Waals surface area contributed by atoms with Crippen molar-refractivity contribution in [2.45, 2.75) is 59.0 Å². The van der Waals surface area contributed by atoms with Crippen LogP contribution in [0, 0.1) is 0 Å². The lowest BCUT2D eigenvalue weighted by atomic mass is 9.96. The van der Waals surface area contributed by atoms with E-state index in [4.69, 9.17) is 5.11 Å². The Morgan fingerprint density at radius 2 is 1.53 bits per heavy atom. The largest absolute Gasteiger partial charge is 0.478 e. The fourth-order valence-electron chi connectivity index (χ4n) is 2.34. The molecule has 1 aliphatic heterocycles. The summed E-state index contributed by atoms with van der Waals surface area (Å²) in [4.78, 5) is 25.0. The minimum Gasteiger partial charge on any atom is -0.478 e. The number of carboxylic acids is 1. The van der Waals surface area contributed by atoms with Gasteiger partial charge in [-0.15, -0.1) is 0 Å². The second-order valence-corrected chi connectivity index (χ2v) is 4.90. The summed E-state index contributed by atoms with van der Waals surface area (Å²) in [5.41, 5.74) is 0.484. The number of rotatable bonds is 2. The van der Waals surface area contributed by atoms with E-state index in [0.29, 0.717) is 5.57 Å². The first-order valence-electron chi connectivity index (χ1n) is 6.09. The zero-order valence-corrected chi connectivity index (χ0v) is 11.0. The van der Waals surface area contributed by atoms with Crippen LogP contribution in [-0.4, -0.2) is 34.0 Å². The SMILES string of the molecule is CC(C(=O)O)=C(C)C(=O)N1[C@H](C)CCC[C@@H]1C. The highest BCUT2D eigenvalue weighted by molar-refractivity contribution is 6.01. The molecule has 0 bridgehead atoms. The fourth-order valence-corrected chi connectivity index (χ4v) is 2.34. The summed E-state index contributed by atoms with van der Waals surface area (Å²) in [6, 6.07) is 0.394. The van der Waals surface area contributed by atoms with Crippen LogP contribution in [0.25, 0.3) is 0 Å². The third kappa shape index (κ3) is 2.87. The van der Waals surface area contributed by atoms with E-state index in [9.17, 15) is 9.59 Å². The number of carbonyl (C=O) groups excluding carboxylic acids is 1. The first-order valence-corrected chi connectivity index (χ1v) is 6.09. The predicted molar refractivity (Wildman–Crippen MR) is 65.6 cm³/mol. The van der Waals surface area contributed by atoms with Crippen molar-refractivity contribution >= 4 is 11.9 Å². The van der Waals surface area contributed by atoms with Crippen LogP contribution < -0.4 is 0 Å². The molecule has 0 aromatic heterocycles. The molecule has 17 heavy (non-hydrogen) atoms. The van der Waals surface area contributed by atoms with Crippen LogP contribution in [0.2, 0.25) is 0 Å². The second kappa shape index (κ2) is 5.34. The molecule has 0 unspecified atom stereocenters. The molecule has 1 saturated heterocycles. The number of hydrogen-bond donors (Lipinski definition) is 1. The molecule has 4 nitrogen and oxygen atoms in total. The lowest BCUT2D eigenvalue weighted by Gasteiger charge is -2.39. The minimum atomic E-state index is -1.02. The van der Waals surface area contributed by atoms with Gasteiger partial charge in [-0.1, -0.05) is 0 Å². The van der Waals surface area contributed by atoms with Crippen LogP contribution in [-0.2, 0) is 9.59 Å². The predicted octanol–water partition coefficient (Wildman–Crippen LogP) is 2.20. The lowest BCUT2D eigenvalue weighted by molar-refractivity contribution is -0.135. The first kappa shape index (κ1) is 13.7. The van der Waals surface area contributed by atoms with E-state index in [2.05, 4.69) is 0 Å². The molecule has 1 heterocycles. The number of piperidine rings is 1. The summed E-state index contributed by atoms with van der Waals surface area (Å²) in [7, 11) is 0. The van der Waals surface area contributed by atoms with Gasteiger partial charge in [0.2, 0.25) is 0 Å². The second-order valence-electron chi connectivity index (χ2n) is 4.90. The van der Waals surface area contributed by atoms with Gasteiger partial charge in [-0.25, -0.2) is 4.79 Å². The average molecular weight is 239 g/mol. The van der Waals surface area contributed by atoms with Gasteiger partial charge >= 0.3 is 5.97 Å². The lowest BCUT2D eigenvalue weighted by Crippen LogP contribution is -2.48. The third-order valence-electron chi connectivity index (χ3n) is 3.63. The summed E-state index contributed by atoms with van der Waals surface area (Å²) < 4.78 is 0. The highest BCUT2D eigenvalue weighted by Gasteiger charge is 2.30. The van der Waals surface area contributed by atoms with Gasteiger partial charge in [-0.05, 0) is 47.0 Å². The molecule has 4 heteroatoms. The van der Waals surface area contributed by atoms with Crippen LogP contribution in [0.1, 0.15) is 47.0 Å². The van der Waals surface area contributed by atoms with E-state index in [1.807, 2.05) is 18.7 Å². The summed E-state index contributed by atoms with van der Waals surface area (Å²) >= 11 is 0. The van der Waals surface area contributed by atoms with Crippen molar-refractivity contribution < 1.29 is 14.7 Å². The highest BCUT2D eigenvalue weighted by atomic mass is 16.4. The molecule has 1 fully saturated rings. The van der Waals surface area contributed by atoms with Gasteiger partial charge in [0.25, 0.3) is 5.91 Å². The van der Waals surface area contributed by atoms with Gasteiger partial charge in [0.15, 0.2) is 0 Å². The molecule has 1 aliphatic rings. The smallest absolute Gasteiger partial charge is 0.331 e. The van der Waals surface area contributed by atoms with Crippen molar-refractivity contribution in [1.82, 2.24) is 4.90 Å². The molecule has 2 atom stereocenters. The first-order chi connectivity index (χ1) is 7.86. The molecular formula is C13H21NO3. The summed E-state index contributed by atoms with van der Waals surface area (Å²) in [5, 5.41) is 8.90. The van der Waals surface area contributed by atoms with Gasteiger partial charge < -0.3 is 10.0 Å². The molecule has 0 aromatic carbocycles. The topological polar surface area (TPSA) is 57.6 Å². The van der Waals surface area contributed by atoms with E-state index in [1.54, 1.807) is 6.92 Å². The maximum absolute atomic E-state index is 12.3. The number of hydrogen-bond acceptors (Lipinski definition) is 2. The summed E-state index contributed by atoms with van der Waals surface area (Å²) in [6.07, 6.45) is 3.12. The van der Waals surface area contributed by atoms with E-state index in [1.165, 1.54) is 6.92 Å². The van der Waals surface area contributed by atoms with Crippen LogP contribution >= 0.6 is 0 Å². The number of carbonyl (C=O) groups is 2. The molecule has 96 valence electrons. The van der Waals surface area contributed by atoms with Crippen molar-refractivity contribution in [3.05, 3.63) is 11.1 Å². The van der Waals surface area contributed by atoms with Crippen LogP contribution in [0.3, 0.4) is 0 Å². The molecule has 0 aliphatic carbocycles. The maximum Gasteiger partial charge on any atom is 0.331 e. The maximum atomic E-state index is 12.3. The Hall–Kier alpha value is -1.32. The van der Waals surface area contributed by atoms with Crippen molar-refractivity contribution in [3.8, 4) is 0 Å². The molecule has 1 N–H and O–H groups in total. The Morgan fingerprint density at radius 3 is 1.94 bits per heavy atom. The van der Waals surface area contributed by atoms with Gasteiger partial charge in [0.05, 0.1) is 0 Å². The van der Waals surface area contributed by atoms with E-state index < -0.39 is 5.97 Å². The van der Waals surface area contributed by atoms with Gasteiger partial charge in [0.1, 0.15) is 0 Å². The number of aliphatic carboxylic acids is 1. The molecule has 0 saturated carbocycles. The van der Waals surface area contributed by atoms with Gasteiger partial charge in [-0.3, -0.25) is 4.79 Å². The monoisotopic (exact) mass is 239 g/mol. The van der Waals surface area contributed by atoms with E-state index in [-0.39, 0.29) is 23.6 Å². The molecule has 0 spiro atoms. The Balaban J connectivity index is 2.95. The summed E-state index contributed by atoms with van der Waals surface area (Å²) in [5.74, 6) is -1.15. The van der Waals surface area contributed by atoms with Crippen molar-refractivity contribution in [2.75, 3.05) is 0 Å². The molecular weight excluding hydrogens is 218 g/mol. The summed E-state index contributed by atoms with van der Waals surface area (Å²) in [6.45, 7) is 7.13. The standard InChI is InChI=1S/C13H21NO3/c1-8-6-5-7-9(2)14(8)12(15)10(3)11(4)13(16)17/h8-9H,5-7H2,1-4H3,(H,16,17)/t8-,9+. The quantitative estimate of drug-likeness (QED) is 0.751. The molecule has 0 aromatic rings. The zero-order chi connectivity index (χ0) is 13.2. The van der Waals surface area contributed by atoms with E-state index >= 15 is 0 Å². The fraction of sp³-hybridized carbons (Fsp3) is 0.692. The molecule has 0 radical (unpaired) electrons. The number of likely N-dealkylation sites (tertiary alicyclic amines) is 1. The Labute approximate surface area is 102 Å². The third-order valence-corrected chi connectivity index (χ3v) is 3.63. The van der Waals surface area contributed by atoms with Crippen molar-refractivity contribution in [1.29, 1.82) is 0 Å². The Bertz CT molecular complexity index is 350. The van der Waals surface area contributed by atoms with Crippen molar-refractivity contribution in [2.24, 2.45) is 0 Å². The van der Waals surface area contributed by atoms with Crippen molar-refractivity contribution in [3.63, 3.8) is 0 Å². The Kier molecular flexibility index (Phi) is 4.32. The minimum absolute atomic E-state index is 0.135. The normalized spacial score (nSPS) is 26.5. The molecule has 1 amide bonds. The Morgan fingerprint density at radius 1 is 1.06 bits per heavy atom. The number of carboxylic acid groups (broad SMARTS) is 1. The zero-order valence-electron chi connectivity index (χ0n) is 11.0. The van der Waals surface area contributed by atoms with Gasteiger partial charge in [-0.2, -0.15) is 0 Å². The van der Waals surface area contributed by atoms with Crippen LogP contribution in [0.15, 0.2) is 11.1 Å². The van der Waals surface area contributed by atoms with E-state index in [0.717, 1.165) is 19.3 Å². The van der Waals surface area contributed by atoms with Crippen LogP contribution in [0.4, 0.5) is 0 Å². The van der Waals surface area contributed by atoms with Gasteiger partial charge in [0, 0.05) is 23.2 Å². The highest BCUT2D eigenvalue weighted by Crippen LogP contribution is 2.24. The average Bonchev–Trinajstić information content (AvgIpc) is 2.26. The number of nitrogens with zero attached hydrogens (tertiary/aromatic N) is 1.